The highest BCUT2D eigenvalue weighted by Crippen LogP contribution is 2.24. The number of hydrogen-bond acceptors (Lipinski definition) is 3. The van der Waals surface area contributed by atoms with E-state index in [1.165, 1.54) is 0 Å². The minimum absolute atomic E-state index is 0.172. The lowest BCUT2D eigenvalue weighted by Crippen LogP contribution is -2.41. The summed E-state index contributed by atoms with van der Waals surface area (Å²) < 4.78 is 5.16. The predicted molar refractivity (Wildman–Crippen MR) is 76.9 cm³/mol. The van der Waals surface area contributed by atoms with E-state index in [1.54, 1.807) is 33.1 Å². The lowest BCUT2D eigenvalue weighted by atomic mass is 9.92. The van der Waals surface area contributed by atoms with Crippen LogP contribution >= 0.6 is 12.2 Å². The highest BCUT2D eigenvalue weighted by atomic mass is 32.1. The molecule has 0 aromatic heterocycles. The summed E-state index contributed by atoms with van der Waals surface area (Å²) in [4.78, 5) is 12.2. The van der Waals surface area contributed by atoms with Gasteiger partial charge in [0.2, 0.25) is 5.91 Å². The smallest absolute Gasteiger partial charge is 0.236 e. The van der Waals surface area contributed by atoms with Crippen LogP contribution < -0.4 is 15.8 Å². The highest BCUT2D eigenvalue weighted by Gasteiger charge is 2.30. The van der Waals surface area contributed by atoms with Crippen molar-refractivity contribution in [1.82, 2.24) is 0 Å². The van der Waals surface area contributed by atoms with Gasteiger partial charge in [0.05, 0.1) is 17.5 Å². The summed E-state index contributed by atoms with van der Waals surface area (Å²) in [6.45, 7) is 5.30. The van der Waals surface area contributed by atoms with E-state index < -0.39 is 5.41 Å². The predicted octanol–water partition coefficient (Wildman–Crippen LogP) is 2.25. The van der Waals surface area contributed by atoms with E-state index in [4.69, 9.17) is 22.7 Å². The second-order valence-corrected chi connectivity index (χ2v) is 5.07. The number of rotatable bonds is 4. The molecule has 4 nitrogen and oxygen atoms in total. The summed E-state index contributed by atoms with van der Waals surface area (Å²) in [6, 6.07) is 5.42. The maximum atomic E-state index is 12.0. The summed E-state index contributed by atoms with van der Waals surface area (Å²) in [6.07, 6.45) is 0. The number of anilines is 1. The Bertz CT molecular complexity index is 484. The number of benzene rings is 1. The van der Waals surface area contributed by atoms with E-state index in [1.807, 2.05) is 13.0 Å². The molecule has 0 aliphatic heterocycles. The van der Waals surface area contributed by atoms with Crippen LogP contribution in [0.15, 0.2) is 18.2 Å². The van der Waals surface area contributed by atoms with Crippen molar-refractivity contribution in [1.29, 1.82) is 0 Å². The molecule has 1 amide bonds. The molecule has 0 aliphatic rings. The Morgan fingerprint density at radius 2 is 2.06 bits per heavy atom. The average molecular weight is 266 g/mol. The SMILES string of the molecule is COc1ccc(NC(=O)C(C)(C)C(N)=S)cc1C. The van der Waals surface area contributed by atoms with Gasteiger partial charge in [0.25, 0.3) is 0 Å². The van der Waals surface area contributed by atoms with E-state index >= 15 is 0 Å². The summed E-state index contributed by atoms with van der Waals surface area (Å²) in [5.41, 5.74) is 6.32. The third-order valence-corrected chi connectivity index (χ3v) is 3.35. The first-order valence-electron chi connectivity index (χ1n) is 5.55. The summed E-state index contributed by atoms with van der Waals surface area (Å²) >= 11 is 4.89. The lowest BCUT2D eigenvalue weighted by Gasteiger charge is -2.22. The Morgan fingerprint density at radius 3 is 2.50 bits per heavy atom. The third kappa shape index (κ3) is 2.98. The molecule has 0 bridgehead atoms. The number of hydrogen-bond donors (Lipinski definition) is 2. The van der Waals surface area contributed by atoms with Crippen LogP contribution in [0.5, 0.6) is 5.75 Å². The first-order valence-corrected chi connectivity index (χ1v) is 5.96. The lowest BCUT2D eigenvalue weighted by molar-refractivity contribution is -0.121. The zero-order valence-corrected chi connectivity index (χ0v) is 11.9. The molecule has 0 spiro atoms. The molecule has 0 radical (unpaired) electrons. The van der Waals surface area contributed by atoms with Gasteiger partial charge in [-0.2, -0.15) is 0 Å². The van der Waals surface area contributed by atoms with Crippen molar-refractivity contribution in [3.63, 3.8) is 0 Å². The van der Waals surface area contributed by atoms with Crippen molar-refractivity contribution in [2.45, 2.75) is 20.8 Å². The standard InChI is InChI=1S/C13H18N2O2S/c1-8-7-9(5-6-10(8)17-4)15-12(16)13(2,3)11(14)18/h5-7H,1-4H3,(H2,14,18)(H,15,16). The molecule has 5 heteroatoms. The van der Waals surface area contributed by atoms with Crippen molar-refractivity contribution >= 4 is 28.8 Å². The number of ether oxygens (including phenoxy) is 1. The van der Waals surface area contributed by atoms with Gasteiger partial charge in [0, 0.05) is 5.69 Å². The summed E-state index contributed by atoms with van der Waals surface area (Å²) in [7, 11) is 1.61. The number of nitrogens with one attached hydrogen (secondary N) is 1. The highest BCUT2D eigenvalue weighted by molar-refractivity contribution is 7.80. The fraction of sp³-hybridized carbons (Fsp3) is 0.385. The molecular weight excluding hydrogens is 248 g/mol. The van der Waals surface area contributed by atoms with Crippen LogP contribution in [0.4, 0.5) is 5.69 Å². The molecule has 3 N–H and O–H groups in total. The van der Waals surface area contributed by atoms with Crippen molar-refractivity contribution < 1.29 is 9.53 Å². The van der Waals surface area contributed by atoms with Gasteiger partial charge in [0.15, 0.2) is 0 Å². The van der Waals surface area contributed by atoms with Crippen molar-refractivity contribution in [3.05, 3.63) is 23.8 Å². The monoisotopic (exact) mass is 266 g/mol. The second-order valence-electron chi connectivity index (χ2n) is 4.63. The zero-order valence-electron chi connectivity index (χ0n) is 11.0. The van der Waals surface area contributed by atoms with Gasteiger partial charge in [-0.05, 0) is 44.5 Å². The van der Waals surface area contributed by atoms with E-state index in [9.17, 15) is 4.79 Å². The third-order valence-electron chi connectivity index (χ3n) is 2.84. The van der Waals surface area contributed by atoms with Crippen LogP contribution in [0.1, 0.15) is 19.4 Å². The Hall–Kier alpha value is -1.62. The molecule has 18 heavy (non-hydrogen) atoms. The molecule has 0 fully saturated rings. The van der Waals surface area contributed by atoms with Crippen LogP contribution in [0.3, 0.4) is 0 Å². The molecular formula is C13H18N2O2S. The Kier molecular flexibility index (Phi) is 4.29. The van der Waals surface area contributed by atoms with Crippen LogP contribution in [0, 0.1) is 12.3 Å². The molecule has 0 saturated carbocycles. The second kappa shape index (κ2) is 5.35. The average Bonchev–Trinajstić information content (AvgIpc) is 2.28. The van der Waals surface area contributed by atoms with Gasteiger partial charge in [-0.3, -0.25) is 4.79 Å². The summed E-state index contributed by atoms with van der Waals surface area (Å²) in [5, 5.41) is 2.79. The number of methoxy groups -OCH3 is 1. The molecule has 1 rings (SSSR count). The number of nitrogens with two attached hydrogens (primary N) is 1. The fourth-order valence-corrected chi connectivity index (χ4v) is 1.45. The topological polar surface area (TPSA) is 64.3 Å². The summed E-state index contributed by atoms with van der Waals surface area (Å²) in [5.74, 6) is 0.557. The van der Waals surface area contributed by atoms with Gasteiger partial charge < -0.3 is 15.8 Å². The van der Waals surface area contributed by atoms with Gasteiger partial charge in [-0.1, -0.05) is 12.2 Å². The zero-order chi connectivity index (χ0) is 13.9. The Morgan fingerprint density at radius 1 is 1.44 bits per heavy atom. The van der Waals surface area contributed by atoms with Crippen LogP contribution in [0.2, 0.25) is 0 Å². The molecule has 0 saturated heterocycles. The van der Waals surface area contributed by atoms with Gasteiger partial charge in [0.1, 0.15) is 5.75 Å². The maximum absolute atomic E-state index is 12.0. The Balaban J connectivity index is 2.89. The normalized spacial score (nSPS) is 10.9. The molecule has 0 unspecified atom stereocenters. The Labute approximate surface area is 113 Å². The number of thiocarbonyl (C=S) groups is 1. The van der Waals surface area contributed by atoms with E-state index in [0.717, 1.165) is 11.3 Å². The fourth-order valence-electron chi connectivity index (χ4n) is 1.36. The molecule has 0 heterocycles. The number of amides is 1. The molecule has 1 aromatic carbocycles. The quantitative estimate of drug-likeness (QED) is 0.820. The number of carbonyl (C=O) groups excluding carboxylic acids is 1. The van der Waals surface area contributed by atoms with E-state index in [-0.39, 0.29) is 10.9 Å². The van der Waals surface area contributed by atoms with Gasteiger partial charge in [-0.25, -0.2) is 0 Å². The molecule has 0 aliphatic carbocycles. The first-order chi connectivity index (χ1) is 8.28. The van der Waals surface area contributed by atoms with Crippen molar-refractivity contribution in [2.75, 3.05) is 12.4 Å². The van der Waals surface area contributed by atoms with Gasteiger partial charge >= 0.3 is 0 Å². The minimum atomic E-state index is -0.872. The number of carbonyl (C=O) groups is 1. The van der Waals surface area contributed by atoms with Crippen LogP contribution in [-0.2, 0) is 4.79 Å². The van der Waals surface area contributed by atoms with Crippen molar-refractivity contribution in [2.24, 2.45) is 11.1 Å². The van der Waals surface area contributed by atoms with Crippen molar-refractivity contribution in [3.8, 4) is 5.75 Å². The number of aryl methyl sites for hydroxylation is 1. The van der Waals surface area contributed by atoms with E-state index in [2.05, 4.69) is 5.32 Å². The van der Waals surface area contributed by atoms with Gasteiger partial charge in [-0.15, -0.1) is 0 Å². The van der Waals surface area contributed by atoms with Crippen LogP contribution in [-0.4, -0.2) is 18.0 Å². The largest absolute Gasteiger partial charge is 0.496 e. The molecule has 1 aromatic rings. The molecule has 0 atom stereocenters. The molecule has 98 valence electrons. The maximum Gasteiger partial charge on any atom is 0.236 e. The van der Waals surface area contributed by atoms with E-state index in [0.29, 0.717) is 5.69 Å². The first kappa shape index (κ1) is 14.4. The minimum Gasteiger partial charge on any atom is -0.496 e. The van der Waals surface area contributed by atoms with Crippen LogP contribution in [0.25, 0.3) is 0 Å².